The molecule has 0 unspecified atom stereocenters. The molecule has 3 aromatic carbocycles. The molecule has 3 aromatic rings. The van der Waals surface area contributed by atoms with E-state index in [4.69, 9.17) is 4.74 Å². The van der Waals surface area contributed by atoms with Gasteiger partial charge in [0.15, 0.2) is 0 Å². The first kappa shape index (κ1) is 19.2. The van der Waals surface area contributed by atoms with Crippen molar-refractivity contribution in [2.24, 2.45) is 0 Å². The van der Waals surface area contributed by atoms with E-state index in [-0.39, 0.29) is 11.8 Å². The molecule has 2 heterocycles. The number of hydrogen-bond donors (Lipinski definition) is 1. The van der Waals surface area contributed by atoms with Crippen LogP contribution in [0.15, 0.2) is 72.8 Å². The summed E-state index contributed by atoms with van der Waals surface area (Å²) in [6.07, 6.45) is 0.556. The topological polar surface area (TPSA) is 61.9 Å². The van der Waals surface area contributed by atoms with Crippen molar-refractivity contribution in [2.45, 2.75) is 12.1 Å². The molecule has 0 fully saturated rings. The van der Waals surface area contributed by atoms with Crippen LogP contribution < -0.4 is 15.0 Å². The fourth-order valence-corrected chi connectivity index (χ4v) is 4.67. The van der Waals surface area contributed by atoms with Crippen LogP contribution in [0.4, 0.5) is 11.4 Å². The van der Waals surface area contributed by atoms with Gasteiger partial charge < -0.3 is 19.9 Å². The van der Waals surface area contributed by atoms with Crippen LogP contribution in [0, 0.1) is 0 Å². The molecule has 0 radical (unpaired) electrons. The van der Waals surface area contributed by atoms with Crippen molar-refractivity contribution >= 4 is 23.2 Å². The summed E-state index contributed by atoms with van der Waals surface area (Å²) >= 11 is 0. The number of methoxy groups -OCH3 is 1. The molecule has 0 saturated carbocycles. The fraction of sp³-hybridized carbons (Fsp3) is 0.200. The molecule has 2 aliphatic rings. The summed E-state index contributed by atoms with van der Waals surface area (Å²) in [4.78, 5) is 30.7. The van der Waals surface area contributed by atoms with Crippen LogP contribution in [0.5, 0.6) is 5.75 Å². The van der Waals surface area contributed by atoms with Crippen molar-refractivity contribution < 1.29 is 14.3 Å². The Morgan fingerprint density at radius 1 is 0.935 bits per heavy atom. The molecule has 2 aliphatic heterocycles. The summed E-state index contributed by atoms with van der Waals surface area (Å²) in [5, 5.41) is 3.44. The lowest BCUT2D eigenvalue weighted by molar-refractivity contribution is -0.127. The number of para-hydroxylation sites is 3. The molecule has 5 rings (SSSR count). The number of likely N-dealkylation sites (N-methyl/N-ethyl adjacent to an activating group) is 1. The van der Waals surface area contributed by atoms with Crippen molar-refractivity contribution in [1.82, 2.24) is 4.90 Å². The minimum absolute atomic E-state index is 0.164. The third-order valence-corrected chi connectivity index (χ3v) is 6.19. The summed E-state index contributed by atoms with van der Waals surface area (Å²) in [5.74, 6) is 0.434. The lowest BCUT2D eigenvalue weighted by atomic mass is 9.92. The van der Waals surface area contributed by atoms with Gasteiger partial charge in [-0.25, -0.2) is 0 Å². The third-order valence-electron chi connectivity index (χ3n) is 6.19. The predicted octanol–water partition coefficient (Wildman–Crippen LogP) is 3.64. The first-order valence-electron chi connectivity index (χ1n) is 10.3. The molecular weight excluding hydrogens is 390 g/mol. The first-order valence-corrected chi connectivity index (χ1v) is 10.3. The maximum absolute atomic E-state index is 13.7. The van der Waals surface area contributed by atoms with Crippen LogP contribution in [-0.2, 0) is 16.9 Å². The summed E-state index contributed by atoms with van der Waals surface area (Å²) in [7, 11) is 3.39. The minimum Gasteiger partial charge on any atom is -0.496 e. The molecule has 0 bridgehead atoms. The highest BCUT2D eigenvalue weighted by Crippen LogP contribution is 2.47. The van der Waals surface area contributed by atoms with Gasteiger partial charge in [0.05, 0.1) is 18.4 Å². The van der Waals surface area contributed by atoms with Gasteiger partial charge in [0.1, 0.15) is 5.75 Å². The van der Waals surface area contributed by atoms with Crippen LogP contribution >= 0.6 is 0 Å². The maximum Gasteiger partial charge on any atom is 0.278 e. The lowest BCUT2D eigenvalue weighted by Crippen LogP contribution is -2.62. The normalized spacial score (nSPS) is 19.3. The Labute approximate surface area is 181 Å². The van der Waals surface area contributed by atoms with Gasteiger partial charge in [-0.2, -0.15) is 0 Å². The van der Waals surface area contributed by atoms with E-state index in [1.165, 1.54) is 0 Å². The Kier molecular flexibility index (Phi) is 4.43. The molecule has 1 N–H and O–H groups in total. The van der Waals surface area contributed by atoms with Gasteiger partial charge in [-0.15, -0.1) is 0 Å². The number of benzene rings is 3. The molecular formula is C25H23N3O3. The molecule has 0 saturated heterocycles. The number of amides is 2. The van der Waals surface area contributed by atoms with Crippen LogP contribution in [0.2, 0.25) is 0 Å². The molecule has 6 nitrogen and oxygen atoms in total. The zero-order valence-electron chi connectivity index (χ0n) is 17.5. The highest BCUT2D eigenvalue weighted by Gasteiger charge is 2.58. The number of carbonyl (C=O) groups excluding carboxylic acids is 2. The molecule has 2 amide bonds. The zero-order valence-corrected chi connectivity index (χ0v) is 17.5. The van der Waals surface area contributed by atoms with Crippen LogP contribution in [0.1, 0.15) is 21.5 Å². The minimum atomic E-state index is -1.28. The number of carbonyl (C=O) groups is 2. The molecule has 1 spiro atoms. The van der Waals surface area contributed by atoms with Gasteiger partial charge >= 0.3 is 0 Å². The average Bonchev–Trinajstić information content (AvgIpc) is 3.02. The van der Waals surface area contributed by atoms with Gasteiger partial charge in [-0.05, 0) is 36.2 Å². The number of nitrogens with zero attached hydrogens (tertiary/aromatic N) is 2. The highest BCUT2D eigenvalue weighted by molar-refractivity contribution is 6.15. The Morgan fingerprint density at radius 2 is 1.65 bits per heavy atom. The zero-order chi connectivity index (χ0) is 21.6. The van der Waals surface area contributed by atoms with Gasteiger partial charge in [0, 0.05) is 24.8 Å². The van der Waals surface area contributed by atoms with Crippen molar-refractivity contribution in [3.05, 3.63) is 89.5 Å². The summed E-state index contributed by atoms with van der Waals surface area (Å²) in [6.45, 7) is 0.356. The first-order chi connectivity index (χ1) is 15.1. The Balaban J connectivity index is 1.63. The second-order valence-electron chi connectivity index (χ2n) is 7.78. The van der Waals surface area contributed by atoms with E-state index >= 15 is 0 Å². The fourth-order valence-electron chi connectivity index (χ4n) is 4.67. The molecule has 1 atom stereocenters. The number of hydrogen-bond acceptors (Lipinski definition) is 4. The summed E-state index contributed by atoms with van der Waals surface area (Å²) < 4.78 is 5.49. The molecule has 0 aliphatic carbocycles. The Hall–Kier alpha value is -3.80. The van der Waals surface area contributed by atoms with Gasteiger partial charge in [-0.1, -0.05) is 48.5 Å². The molecule has 6 heteroatoms. The van der Waals surface area contributed by atoms with E-state index in [0.29, 0.717) is 24.2 Å². The van der Waals surface area contributed by atoms with E-state index in [0.717, 1.165) is 22.6 Å². The largest absolute Gasteiger partial charge is 0.496 e. The van der Waals surface area contributed by atoms with E-state index in [2.05, 4.69) is 5.32 Å². The molecule has 0 aromatic heterocycles. The van der Waals surface area contributed by atoms with Crippen molar-refractivity contribution in [1.29, 1.82) is 0 Å². The van der Waals surface area contributed by atoms with Crippen LogP contribution in [0.3, 0.4) is 0 Å². The Morgan fingerprint density at radius 3 is 2.48 bits per heavy atom. The van der Waals surface area contributed by atoms with Gasteiger partial charge in [-0.3, -0.25) is 9.59 Å². The van der Waals surface area contributed by atoms with E-state index in [1.54, 1.807) is 30.0 Å². The van der Waals surface area contributed by atoms with Crippen LogP contribution in [0.25, 0.3) is 0 Å². The summed E-state index contributed by atoms with van der Waals surface area (Å²) in [5.41, 5.74) is 2.52. The van der Waals surface area contributed by atoms with Gasteiger partial charge in [0.2, 0.25) is 5.66 Å². The summed E-state index contributed by atoms with van der Waals surface area (Å²) in [6, 6.07) is 22.7. The van der Waals surface area contributed by atoms with E-state index in [9.17, 15) is 9.59 Å². The SMILES string of the molecule is COc1ccccc1CCN1C(=O)c2ccccc2N[C@@]12C(=O)N(C)c1ccccc12. The van der Waals surface area contributed by atoms with E-state index < -0.39 is 5.66 Å². The predicted molar refractivity (Wildman–Crippen MR) is 119 cm³/mol. The number of ether oxygens (including phenoxy) is 1. The van der Waals surface area contributed by atoms with Crippen molar-refractivity contribution in [3.63, 3.8) is 0 Å². The third kappa shape index (κ3) is 2.71. The smallest absolute Gasteiger partial charge is 0.278 e. The van der Waals surface area contributed by atoms with Crippen molar-refractivity contribution in [2.75, 3.05) is 30.9 Å². The molecule has 156 valence electrons. The second kappa shape index (κ2) is 7.16. The average molecular weight is 413 g/mol. The number of rotatable bonds is 4. The number of anilines is 2. The highest BCUT2D eigenvalue weighted by atomic mass is 16.5. The number of nitrogens with one attached hydrogen (secondary N) is 1. The maximum atomic E-state index is 13.7. The lowest BCUT2D eigenvalue weighted by Gasteiger charge is -2.45. The van der Waals surface area contributed by atoms with Gasteiger partial charge in [0.25, 0.3) is 11.8 Å². The quantitative estimate of drug-likeness (QED) is 0.710. The van der Waals surface area contributed by atoms with E-state index in [1.807, 2.05) is 66.7 Å². The molecule has 31 heavy (non-hydrogen) atoms. The Bertz CT molecular complexity index is 1190. The van der Waals surface area contributed by atoms with Crippen LogP contribution in [-0.4, -0.2) is 37.4 Å². The second-order valence-corrected chi connectivity index (χ2v) is 7.78. The monoisotopic (exact) mass is 413 g/mol. The van der Waals surface area contributed by atoms with Crippen molar-refractivity contribution in [3.8, 4) is 5.75 Å². The number of fused-ring (bicyclic) bond motifs is 3. The standard InChI is InChI=1S/C25H23N3O3/c1-27-21-13-7-5-11-19(21)25(24(27)30)26-20-12-6-4-10-18(20)23(29)28(25)16-15-17-9-3-8-14-22(17)31-2/h3-14,26H,15-16H2,1-2H3/t25-/m1/s1.